The number of rotatable bonds is 4. The molecule has 2 aliphatic carbocycles. The van der Waals surface area contributed by atoms with Gasteiger partial charge in [-0.05, 0) is 68.0 Å². The van der Waals surface area contributed by atoms with Crippen LogP contribution in [0.4, 0.5) is 0 Å². The molecule has 2 saturated heterocycles. The number of hydrogen-bond acceptors (Lipinski definition) is 6. The highest BCUT2D eigenvalue weighted by Crippen LogP contribution is 2.59. The summed E-state index contributed by atoms with van der Waals surface area (Å²) in [4.78, 5) is 23.1. The maximum Gasteiger partial charge on any atom is 0.256 e. The predicted molar refractivity (Wildman–Crippen MR) is 161 cm³/mol. The Balaban J connectivity index is 1.00. The molecule has 1 aromatic heterocycles. The highest BCUT2D eigenvalue weighted by molar-refractivity contribution is 6.31. The molecular weight excluding hydrogens is 546 g/mol. The normalized spacial score (nSPS) is 32.2. The summed E-state index contributed by atoms with van der Waals surface area (Å²) in [6.07, 6.45) is 2.16. The average Bonchev–Trinajstić information content (AvgIpc) is 3.60. The van der Waals surface area contributed by atoms with Crippen molar-refractivity contribution in [3.8, 4) is 23.7 Å². The van der Waals surface area contributed by atoms with Crippen molar-refractivity contribution >= 4 is 17.5 Å². The van der Waals surface area contributed by atoms with Crippen LogP contribution in [0.2, 0.25) is 5.02 Å². The van der Waals surface area contributed by atoms with Gasteiger partial charge < -0.3 is 15.0 Å². The summed E-state index contributed by atoms with van der Waals surface area (Å²) in [6, 6.07) is 11.7. The first kappa shape index (κ1) is 27.7. The minimum atomic E-state index is -0.310. The summed E-state index contributed by atoms with van der Waals surface area (Å²) < 4.78 is 6.44. The maximum absolute atomic E-state index is 13.6. The van der Waals surface area contributed by atoms with E-state index in [9.17, 15) is 10.1 Å². The lowest BCUT2D eigenvalue weighted by atomic mass is 9.49. The lowest BCUT2D eigenvalue weighted by Crippen LogP contribution is -2.74. The van der Waals surface area contributed by atoms with E-state index in [1.165, 1.54) is 26.2 Å². The minimum absolute atomic E-state index is 0.0236. The fraction of sp³-hybridized carbons (Fsp3) is 0.559. The molecule has 2 saturated carbocycles. The lowest BCUT2D eigenvalue weighted by Gasteiger charge is -2.65. The summed E-state index contributed by atoms with van der Waals surface area (Å²) in [7, 11) is 0. The van der Waals surface area contributed by atoms with Gasteiger partial charge in [-0.25, -0.2) is 4.98 Å². The first-order valence-electron chi connectivity index (χ1n) is 15.2. The number of benzene rings is 1. The number of carbonyl (C=O) groups is 1. The van der Waals surface area contributed by atoms with Gasteiger partial charge in [0.1, 0.15) is 23.6 Å². The number of nitriles is 1. The Labute approximate surface area is 253 Å². The molecule has 1 amide bonds. The molecule has 2 aromatic rings. The van der Waals surface area contributed by atoms with E-state index in [0.29, 0.717) is 40.4 Å². The van der Waals surface area contributed by atoms with E-state index in [1.807, 2.05) is 17.0 Å². The monoisotopic (exact) mass is 583 g/mol. The van der Waals surface area contributed by atoms with Crippen LogP contribution >= 0.6 is 11.6 Å². The van der Waals surface area contributed by atoms with Gasteiger partial charge in [-0.1, -0.05) is 45.2 Å². The molecule has 2 atom stereocenters. The van der Waals surface area contributed by atoms with Gasteiger partial charge in [0, 0.05) is 48.0 Å². The molecule has 7 rings (SSSR count). The Hall–Kier alpha value is -3.10. The van der Waals surface area contributed by atoms with Gasteiger partial charge in [-0.3, -0.25) is 9.69 Å². The Morgan fingerprint density at radius 2 is 1.79 bits per heavy atom. The number of halogens is 1. The molecule has 1 N–H and O–H groups in total. The number of ether oxygens (including phenoxy) is 1. The Morgan fingerprint density at radius 3 is 2.45 bits per heavy atom. The third-order valence-corrected chi connectivity index (χ3v) is 10.9. The molecule has 7 nitrogen and oxygen atoms in total. The molecule has 218 valence electrons. The van der Waals surface area contributed by atoms with Gasteiger partial charge >= 0.3 is 0 Å². The zero-order chi connectivity index (χ0) is 29.4. The van der Waals surface area contributed by atoms with E-state index >= 15 is 0 Å². The number of fused-ring (bicyclic) bond motifs is 2. The number of likely N-dealkylation sites (tertiary alicyclic amines) is 1. The molecule has 0 spiro atoms. The second-order valence-electron chi connectivity index (χ2n) is 14.1. The predicted octanol–water partition coefficient (Wildman–Crippen LogP) is 4.73. The van der Waals surface area contributed by atoms with E-state index in [2.05, 4.69) is 55.8 Å². The standard InChI is InChI=1S/C34H38ClN5O2/c1-33(2)31(34(3,4)32(33)42-26-9-6-21(14-36)28(35)13-26)40-19-29-27(30(40)41)10-8-24(38-29)7-5-20-11-25(12-20)39-17-22-15-37-16-23(22)18-39/h6,8-10,13,20,22-23,25,31-32,37H,11-12,15-19H2,1-4H3/t20?,22?,23?,25?,31-,32-. The second kappa shape index (κ2) is 9.98. The molecule has 0 radical (unpaired) electrons. The molecule has 2 unspecified atom stereocenters. The van der Waals surface area contributed by atoms with Crippen LogP contribution in [0.3, 0.4) is 0 Å². The van der Waals surface area contributed by atoms with Crippen LogP contribution in [0.15, 0.2) is 30.3 Å². The molecular formula is C34H38ClN5O2. The van der Waals surface area contributed by atoms with Crippen molar-refractivity contribution < 1.29 is 9.53 Å². The SMILES string of the molecule is CC1(C)[C@H](Oc2ccc(C#N)c(Cl)c2)C(C)(C)[C@H]1N1Cc2nc(C#CC3CC(N4CC5CNCC5C4)C3)ccc2C1=O. The van der Waals surface area contributed by atoms with Crippen molar-refractivity contribution in [1.29, 1.82) is 5.26 Å². The summed E-state index contributed by atoms with van der Waals surface area (Å²) >= 11 is 6.26. The number of pyridine rings is 1. The van der Waals surface area contributed by atoms with Gasteiger partial charge in [0.2, 0.25) is 0 Å². The lowest BCUT2D eigenvalue weighted by molar-refractivity contribution is -0.199. The third-order valence-electron chi connectivity index (χ3n) is 10.6. The van der Waals surface area contributed by atoms with E-state index in [0.717, 1.165) is 36.1 Å². The molecule has 8 heteroatoms. The number of hydrogen-bond donors (Lipinski definition) is 1. The van der Waals surface area contributed by atoms with E-state index in [4.69, 9.17) is 21.3 Å². The Kier molecular flexibility index (Phi) is 6.59. The Bertz CT molecular complexity index is 1520. The van der Waals surface area contributed by atoms with E-state index in [1.54, 1.807) is 18.2 Å². The fourth-order valence-electron chi connectivity index (χ4n) is 8.86. The van der Waals surface area contributed by atoms with Gasteiger partial charge in [0.15, 0.2) is 0 Å². The highest BCUT2D eigenvalue weighted by Gasteiger charge is 2.67. The van der Waals surface area contributed by atoms with E-state index in [-0.39, 0.29) is 28.9 Å². The van der Waals surface area contributed by atoms with Crippen molar-refractivity contribution in [2.75, 3.05) is 26.2 Å². The third kappa shape index (κ3) is 4.41. The largest absolute Gasteiger partial charge is 0.489 e. The zero-order valence-electron chi connectivity index (χ0n) is 24.8. The van der Waals surface area contributed by atoms with Gasteiger partial charge in [0.25, 0.3) is 5.91 Å². The van der Waals surface area contributed by atoms with Crippen LogP contribution < -0.4 is 10.1 Å². The topological polar surface area (TPSA) is 81.5 Å². The number of nitrogens with one attached hydrogen (secondary N) is 1. The zero-order valence-corrected chi connectivity index (χ0v) is 25.5. The quantitative estimate of drug-likeness (QED) is 0.524. The summed E-state index contributed by atoms with van der Waals surface area (Å²) in [5, 5.41) is 13.1. The van der Waals surface area contributed by atoms with Crippen molar-refractivity contribution in [3.63, 3.8) is 0 Å². The van der Waals surface area contributed by atoms with Crippen molar-refractivity contribution in [3.05, 3.63) is 57.9 Å². The molecule has 0 bridgehead atoms. The van der Waals surface area contributed by atoms with Crippen LogP contribution in [-0.4, -0.2) is 65.1 Å². The van der Waals surface area contributed by atoms with Crippen LogP contribution in [0, 0.1) is 51.8 Å². The smallest absolute Gasteiger partial charge is 0.256 e. The first-order valence-corrected chi connectivity index (χ1v) is 15.6. The van der Waals surface area contributed by atoms with Gasteiger partial charge in [-0.2, -0.15) is 5.26 Å². The average molecular weight is 584 g/mol. The van der Waals surface area contributed by atoms with E-state index < -0.39 is 0 Å². The van der Waals surface area contributed by atoms with Crippen LogP contribution in [0.5, 0.6) is 5.75 Å². The van der Waals surface area contributed by atoms with Gasteiger partial charge in [0.05, 0.1) is 28.4 Å². The fourth-order valence-corrected chi connectivity index (χ4v) is 9.08. The van der Waals surface area contributed by atoms with Crippen LogP contribution in [0.25, 0.3) is 0 Å². The second-order valence-corrected chi connectivity index (χ2v) is 14.6. The molecule has 42 heavy (non-hydrogen) atoms. The molecule has 5 aliphatic rings. The minimum Gasteiger partial charge on any atom is -0.489 e. The molecule has 3 aliphatic heterocycles. The van der Waals surface area contributed by atoms with Crippen LogP contribution in [-0.2, 0) is 6.54 Å². The number of amides is 1. The first-order chi connectivity index (χ1) is 20.1. The Morgan fingerprint density at radius 1 is 1.07 bits per heavy atom. The molecule has 1 aromatic carbocycles. The number of nitrogens with zero attached hydrogens (tertiary/aromatic N) is 4. The summed E-state index contributed by atoms with van der Waals surface area (Å²) in [6.45, 7) is 13.9. The highest BCUT2D eigenvalue weighted by atomic mass is 35.5. The molecule has 4 fully saturated rings. The summed E-state index contributed by atoms with van der Waals surface area (Å²) in [5.74, 6) is 9.55. The number of carbonyl (C=O) groups excluding carboxylic acids is 1. The number of aromatic nitrogens is 1. The van der Waals surface area contributed by atoms with Crippen LogP contribution in [0.1, 0.15) is 67.8 Å². The van der Waals surface area contributed by atoms with Crippen molar-refractivity contribution in [1.82, 2.24) is 20.1 Å². The van der Waals surface area contributed by atoms with Crippen molar-refractivity contribution in [2.45, 2.75) is 65.3 Å². The summed E-state index contributed by atoms with van der Waals surface area (Å²) in [5.41, 5.74) is 2.04. The van der Waals surface area contributed by atoms with Gasteiger partial charge in [-0.15, -0.1) is 0 Å². The molecule has 4 heterocycles. The maximum atomic E-state index is 13.6. The van der Waals surface area contributed by atoms with Crippen molar-refractivity contribution in [2.24, 2.45) is 28.6 Å².